The zero-order chi connectivity index (χ0) is 18.2. The number of aromatic nitrogens is 1. The molecule has 0 atom stereocenters. The van der Waals surface area contributed by atoms with Crippen LogP contribution >= 0.6 is 46.1 Å². The first-order chi connectivity index (χ1) is 11.7. The number of anilines is 2. The molecule has 0 spiro atoms. The molecule has 1 heterocycles. The quantitative estimate of drug-likeness (QED) is 0.559. The monoisotopic (exact) mass is 429 g/mol. The Kier molecular flexibility index (Phi) is 5.70. The van der Waals surface area contributed by atoms with Crippen LogP contribution in [-0.2, 0) is 12.7 Å². The average Bonchev–Trinajstić information content (AvgIpc) is 3.21. The van der Waals surface area contributed by atoms with Crippen LogP contribution in [0.2, 0.25) is 15.1 Å². The molecule has 2 aromatic rings. The Morgan fingerprint density at radius 2 is 1.80 bits per heavy atom. The molecule has 25 heavy (non-hydrogen) atoms. The number of benzene rings is 1. The number of halogens is 6. The van der Waals surface area contributed by atoms with E-state index in [4.69, 9.17) is 34.8 Å². The predicted octanol–water partition coefficient (Wildman–Crippen LogP) is 6.37. The fourth-order valence-corrected chi connectivity index (χ4v) is 4.09. The summed E-state index contributed by atoms with van der Waals surface area (Å²) in [6.45, 7) is 0.833. The average molecular weight is 431 g/mol. The molecule has 0 unspecified atom stereocenters. The van der Waals surface area contributed by atoms with E-state index in [0.29, 0.717) is 17.5 Å². The van der Waals surface area contributed by atoms with Gasteiger partial charge in [0.05, 0.1) is 20.6 Å². The Hall–Kier alpha value is -0.730. The van der Waals surface area contributed by atoms with Crippen LogP contribution in [-0.4, -0.2) is 11.5 Å². The summed E-state index contributed by atoms with van der Waals surface area (Å²) in [6, 6.07) is 2.90. The molecule has 0 aliphatic heterocycles. The third-order valence-electron chi connectivity index (χ3n) is 3.62. The first kappa shape index (κ1) is 19.0. The molecular weight excluding hydrogens is 418 g/mol. The highest BCUT2D eigenvalue weighted by molar-refractivity contribution is 7.15. The Labute approximate surface area is 161 Å². The lowest BCUT2D eigenvalue weighted by molar-refractivity contribution is -0.141. The second-order valence-corrected chi connectivity index (χ2v) is 8.07. The first-order valence-electron chi connectivity index (χ1n) is 7.43. The standard InChI is InChI=1S/C15H13Cl3F3N3S/c16-8-3-9(17)12(10(18)4-8)23-14-24-13(15(19,20)21)11(25-14)6-22-5-7-1-2-7/h3-4,7,22H,1-2,5-6H2,(H,23,24). The molecular formula is C15H13Cl3F3N3S. The molecule has 136 valence electrons. The highest BCUT2D eigenvalue weighted by atomic mass is 35.5. The fourth-order valence-electron chi connectivity index (χ4n) is 2.23. The van der Waals surface area contributed by atoms with Gasteiger partial charge in [0, 0.05) is 11.6 Å². The van der Waals surface area contributed by atoms with Crippen LogP contribution in [0, 0.1) is 5.92 Å². The maximum atomic E-state index is 13.2. The minimum atomic E-state index is -4.53. The summed E-state index contributed by atoms with van der Waals surface area (Å²) in [6.07, 6.45) is -2.27. The molecule has 1 aromatic carbocycles. The summed E-state index contributed by atoms with van der Waals surface area (Å²) in [5, 5.41) is 6.64. The van der Waals surface area contributed by atoms with Crippen LogP contribution < -0.4 is 10.6 Å². The zero-order valence-electron chi connectivity index (χ0n) is 12.7. The molecule has 1 saturated carbocycles. The molecule has 1 aromatic heterocycles. The highest BCUT2D eigenvalue weighted by Gasteiger charge is 2.37. The zero-order valence-corrected chi connectivity index (χ0v) is 15.8. The molecule has 1 aliphatic rings. The van der Waals surface area contributed by atoms with E-state index in [2.05, 4.69) is 15.6 Å². The predicted molar refractivity (Wildman–Crippen MR) is 96.3 cm³/mol. The molecule has 0 amide bonds. The first-order valence-corrected chi connectivity index (χ1v) is 9.38. The van der Waals surface area contributed by atoms with Crippen molar-refractivity contribution in [2.24, 2.45) is 5.92 Å². The van der Waals surface area contributed by atoms with Gasteiger partial charge in [0.25, 0.3) is 0 Å². The van der Waals surface area contributed by atoms with E-state index in [1.807, 2.05) is 0 Å². The number of alkyl halides is 3. The third-order valence-corrected chi connectivity index (χ3v) is 5.41. The van der Waals surface area contributed by atoms with Gasteiger partial charge in [0.2, 0.25) is 0 Å². The van der Waals surface area contributed by atoms with Gasteiger partial charge in [-0.3, -0.25) is 0 Å². The molecule has 1 fully saturated rings. The van der Waals surface area contributed by atoms with Crippen LogP contribution in [0.3, 0.4) is 0 Å². The van der Waals surface area contributed by atoms with Crippen LogP contribution in [0.25, 0.3) is 0 Å². The Morgan fingerprint density at radius 3 is 2.36 bits per heavy atom. The van der Waals surface area contributed by atoms with Gasteiger partial charge in [0.1, 0.15) is 0 Å². The third kappa shape index (κ3) is 4.92. The van der Waals surface area contributed by atoms with Gasteiger partial charge in [-0.05, 0) is 37.4 Å². The van der Waals surface area contributed by atoms with Crippen molar-refractivity contribution in [1.29, 1.82) is 0 Å². The van der Waals surface area contributed by atoms with Gasteiger partial charge in [-0.2, -0.15) is 13.2 Å². The van der Waals surface area contributed by atoms with Crippen molar-refractivity contribution in [2.75, 3.05) is 11.9 Å². The lowest BCUT2D eigenvalue weighted by Gasteiger charge is -2.08. The van der Waals surface area contributed by atoms with Crippen molar-refractivity contribution < 1.29 is 13.2 Å². The van der Waals surface area contributed by atoms with Crippen molar-refractivity contribution in [3.63, 3.8) is 0 Å². The molecule has 3 rings (SSSR count). The van der Waals surface area contributed by atoms with Gasteiger partial charge in [-0.1, -0.05) is 46.1 Å². The lowest BCUT2D eigenvalue weighted by Crippen LogP contribution is -2.18. The van der Waals surface area contributed by atoms with Crippen LogP contribution in [0.1, 0.15) is 23.4 Å². The smallest absolute Gasteiger partial charge is 0.329 e. The number of nitrogens with one attached hydrogen (secondary N) is 2. The van der Waals surface area contributed by atoms with Gasteiger partial charge in [-0.15, -0.1) is 0 Å². The van der Waals surface area contributed by atoms with E-state index < -0.39 is 11.9 Å². The molecule has 1 aliphatic carbocycles. The van der Waals surface area contributed by atoms with Crippen molar-refractivity contribution >= 4 is 57.0 Å². The van der Waals surface area contributed by atoms with Crippen molar-refractivity contribution in [2.45, 2.75) is 25.6 Å². The van der Waals surface area contributed by atoms with Crippen LogP contribution in [0.5, 0.6) is 0 Å². The Morgan fingerprint density at radius 1 is 1.16 bits per heavy atom. The number of thiazole rings is 1. The largest absolute Gasteiger partial charge is 0.434 e. The summed E-state index contributed by atoms with van der Waals surface area (Å²) < 4.78 is 39.7. The molecule has 0 bridgehead atoms. The van der Waals surface area contributed by atoms with Crippen LogP contribution in [0.4, 0.5) is 24.0 Å². The van der Waals surface area contributed by atoms with E-state index in [-0.39, 0.29) is 32.3 Å². The van der Waals surface area contributed by atoms with E-state index in [0.717, 1.165) is 24.2 Å². The van der Waals surface area contributed by atoms with E-state index in [9.17, 15) is 13.2 Å². The van der Waals surface area contributed by atoms with Gasteiger partial charge in [0.15, 0.2) is 10.8 Å². The van der Waals surface area contributed by atoms with Gasteiger partial charge in [-0.25, -0.2) is 4.98 Å². The maximum absolute atomic E-state index is 13.2. The Balaban J connectivity index is 1.82. The topological polar surface area (TPSA) is 37.0 Å². The normalized spacial score (nSPS) is 14.8. The minimum absolute atomic E-state index is 0.0710. The number of nitrogens with zero attached hydrogens (tertiary/aromatic N) is 1. The van der Waals surface area contributed by atoms with Crippen molar-refractivity contribution in [3.05, 3.63) is 37.8 Å². The lowest BCUT2D eigenvalue weighted by atomic mass is 10.3. The summed E-state index contributed by atoms with van der Waals surface area (Å²) in [7, 11) is 0. The SMILES string of the molecule is FC(F)(F)c1nc(Nc2c(Cl)cc(Cl)cc2Cl)sc1CNCC1CC1. The number of hydrogen-bond donors (Lipinski definition) is 2. The summed E-state index contributed by atoms with van der Waals surface area (Å²) in [4.78, 5) is 3.81. The molecule has 0 saturated heterocycles. The minimum Gasteiger partial charge on any atom is -0.329 e. The van der Waals surface area contributed by atoms with E-state index in [1.54, 1.807) is 0 Å². The molecule has 0 radical (unpaired) electrons. The van der Waals surface area contributed by atoms with Crippen molar-refractivity contribution in [1.82, 2.24) is 10.3 Å². The number of hydrogen-bond acceptors (Lipinski definition) is 4. The van der Waals surface area contributed by atoms with E-state index >= 15 is 0 Å². The van der Waals surface area contributed by atoms with E-state index in [1.165, 1.54) is 12.1 Å². The van der Waals surface area contributed by atoms with Gasteiger partial charge >= 0.3 is 6.18 Å². The molecule has 3 nitrogen and oxygen atoms in total. The van der Waals surface area contributed by atoms with Crippen molar-refractivity contribution in [3.8, 4) is 0 Å². The molecule has 10 heteroatoms. The summed E-state index contributed by atoms with van der Waals surface area (Å²) in [5.41, 5.74) is -0.628. The molecule has 2 N–H and O–H groups in total. The number of rotatable bonds is 6. The highest BCUT2D eigenvalue weighted by Crippen LogP contribution is 2.40. The van der Waals surface area contributed by atoms with Crippen LogP contribution in [0.15, 0.2) is 12.1 Å². The summed E-state index contributed by atoms with van der Waals surface area (Å²) in [5.74, 6) is 0.575. The fraction of sp³-hybridized carbons (Fsp3) is 0.400. The second kappa shape index (κ2) is 7.48. The summed E-state index contributed by atoms with van der Waals surface area (Å²) >= 11 is 18.9. The maximum Gasteiger partial charge on any atom is 0.434 e. The Bertz CT molecular complexity index is 752. The second-order valence-electron chi connectivity index (χ2n) is 5.73. The van der Waals surface area contributed by atoms with Gasteiger partial charge < -0.3 is 10.6 Å².